The van der Waals surface area contributed by atoms with E-state index in [2.05, 4.69) is 5.32 Å². The summed E-state index contributed by atoms with van der Waals surface area (Å²) in [5.74, 6) is 0.465. The first-order chi connectivity index (χ1) is 13.3. The quantitative estimate of drug-likeness (QED) is 0.655. The Balaban J connectivity index is 2.11. The number of nitrogens with one attached hydrogen (secondary N) is 1. The number of hydrogen-bond acceptors (Lipinski definition) is 6. The molecule has 0 aromatic carbocycles. The molecule has 2 aliphatic rings. The molecule has 2 amide bonds. The summed E-state index contributed by atoms with van der Waals surface area (Å²) in [5.41, 5.74) is 11.2. The monoisotopic (exact) mass is 412 g/mol. The number of ether oxygens (including phenoxy) is 2. The van der Waals surface area contributed by atoms with Gasteiger partial charge >= 0.3 is 12.2 Å². The van der Waals surface area contributed by atoms with Crippen LogP contribution in [0.4, 0.5) is 9.59 Å². The van der Waals surface area contributed by atoms with Gasteiger partial charge in [0.05, 0.1) is 0 Å². The number of alkyl carbamates (subject to hydrolysis) is 1. The van der Waals surface area contributed by atoms with Gasteiger partial charge in [-0.1, -0.05) is 0 Å². The summed E-state index contributed by atoms with van der Waals surface area (Å²) in [6.07, 6.45) is 1.73. The molecule has 0 aromatic rings. The van der Waals surface area contributed by atoms with E-state index in [1.54, 1.807) is 4.90 Å². The minimum atomic E-state index is -0.550. The molecule has 2 unspecified atom stereocenters. The lowest BCUT2D eigenvalue weighted by Gasteiger charge is -2.40. The van der Waals surface area contributed by atoms with Crippen molar-refractivity contribution in [2.75, 3.05) is 19.6 Å². The maximum Gasteiger partial charge on any atom is 0.410 e. The van der Waals surface area contributed by atoms with Crippen LogP contribution >= 0.6 is 0 Å². The zero-order valence-corrected chi connectivity index (χ0v) is 18.9. The van der Waals surface area contributed by atoms with Crippen molar-refractivity contribution < 1.29 is 19.1 Å². The second kappa shape index (κ2) is 9.08. The van der Waals surface area contributed by atoms with Gasteiger partial charge in [0.25, 0.3) is 0 Å². The van der Waals surface area contributed by atoms with E-state index in [4.69, 9.17) is 20.9 Å². The van der Waals surface area contributed by atoms with E-state index in [0.29, 0.717) is 19.6 Å². The first-order valence-electron chi connectivity index (χ1n) is 10.7. The molecular formula is C21H40N4O4. The smallest absolute Gasteiger partial charge is 0.410 e. The predicted molar refractivity (Wildman–Crippen MR) is 112 cm³/mol. The Labute approximate surface area is 175 Å². The molecule has 1 saturated heterocycles. The average Bonchev–Trinajstić information content (AvgIpc) is 2.97. The second-order valence-corrected chi connectivity index (χ2v) is 10.5. The molecule has 29 heavy (non-hydrogen) atoms. The van der Waals surface area contributed by atoms with Gasteiger partial charge in [-0.15, -0.1) is 0 Å². The standard InChI is InChI=1S/C21H40N4O4/c1-20(2,3)28-18(26)24-17-8-7-14(23)9-15(17)16-12-25(11-13(16)10-22)19(27)29-21(4,5)6/h13-17H,7-12,22-23H2,1-6H3,(H,24,26)/t13-,14+,15?,16?,17-/m0/s1. The fourth-order valence-corrected chi connectivity index (χ4v) is 4.46. The maximum atomic E-state index is 12.6. The molecule has 1 aliphatic carbocycles. The average molecular weight is 413 g/mol. The Morgan fingerprint density at radius 3 is 2.17 bits per heavy atom. The summed E-state index contributed by atoms with van der Waals surface area (Å²) in [6.45, 7) is 12.7. The number of rotatable bonds is 3. The molecule has 0 aromatic heterocycles. The number of carbonyl (C=O) groups excluding carboxylic acids is 2. The molecule has 0 bridgehead atoms. The van der Waals surface area contributed by atoms with Crippen molar-refractivity contribution in [3.63, 3.8) is 0 Å². The highest BCUT2D eigenvalue weighted by Gasteiger charge is 2.45. The van der Waals surface area contributed by atoms with Crippen LogP contribution in [0.1, 0.15) is 60.8 Å². The van der Waals surface area contributed by atoms with E-state index in [0.717, 1.165) is 19.3 Å². The second-order valence-electron chi connectivity index (χ2n) is 10.5. The molecule has 1 saturated carbocycles. The third kappa shape index (κ3) is 7.03. The summed E-state index contributed by atoms with van der Waals surface area (Å²) < 4.78 is 11.0. The molecule has 8 heteroatoms. The molecule has 0 spiro atoms. The highest BCUT2D eigenvalue weighted by molar-refractivity contribution is 5.69. The van der Waals surface area contributed by atoms with E-state index in [1.807, 2.05) is 41.5 Å². The van der Waals surface area contributed by atoms with E-state index in [9.17, 15) is 9.59 Å². The van der Waals surface area contributed by atoms with Crippen LogP contribution in [-0.2, 0) is 9.47 Å². The van der Waals surface area contributed by atoms with Gasteiger partial charge in [0.2, 0.25) is 0 Å². The number of nitrogens with two attached hydrogens (primary N) is 2. The zero-order valence-electron chi connectivity index (χ0n) is 18.9. The molecule has 5 N–H and O–H groups in total. The fraction of sp³-hybridized carbons (Fsp3) is 0.905. The number of likely N-dealkylation sites (tertiary alicyclic amines) is 1. The highest BCUT2D eigenvalue weighted by atomic mass is 16.6. The van der Waals surface area contributed by atoms with Crippen LogP contribution < -0.4 is 16.8 Å². The van der Waals surface area contributed by atoms with E-state index in [1.165, 1.54) is 0 Å². The Morgan fingerprint density at radius 2 is 1.62 bits per heavy atom. The van der Waals surface area contributed by atoms with Gasteiger partial charge in [-0.3, -0.25) is 0 Å². The number of hydrogen-bond donors (Lipinski definition) is 3. The lowest BCUT2D eigenvalue weighted by Crippen LogP contribution is -2.51. The van der Waals surface area contributed by atoms with Crippen LogP contribution in [0, 0.1) is 17.8 Å². The van der Waals surface area contributed by atoms with Gasteiger partial charge in [0.15, 0.2) is 0 Å². The van der Waals surface area contributed by atoms with Crippen LogP contribution in [0.5, 0.6) is 0 Å². The van der Waals surface area contributed by atoms with Crippen LogP contribution in [0.25, 0.3) is 0 Å². The topological polar surface area (TPSA) is 120 Å². The van der Waals surface area contributed by atoms with Crippen molar-refractivity contribution >= 4 is 12.2 Å². The van der Waals surface area contributed by atoms with E-state index >= 15 is 0 Å². The van der Waals surface area contributed by atoms with Crippen molar-refractivity contribution in [3.05, 3.63) is 0 Å². The summed E-state index contributed by atoms with van der Waals surface area (Å²) >= 11 is 0. The summed E-state index contributed by atoms with van der Waals surface area (Å²) in [7, 11) is 0. The lowest BCUT2D eigenvalue weighted by molar-refractivity contribution is 0.0268. The maximum absolute atomic E-state index is 12.6. The lowest BCUT2D eigenvalue weighted by atomic mass is 9.71. The van der Waals surface area contributed by atoms with Crippen LogP contribution in [-0.4, -0.2) is 60.0 Å². The Morgan fingerprint density at radius 1 is 1.00 bits per heavy atom. The predicted octanol–water partition coefficient (Wildman–Crippen LogP) is 2.45. The van der Waals surface area contributed by atoms with Crippen molar-refractivity contribution in [1.29, 1.82) is 0 Å². The van der Waals surface area contributed by atoms with E-state index < -0.39 is 17.3 Å². The van der Waals surface area contributed by atoms with Crippen LogP contribution in [0.15, 0.2) is 0 Å². The molecule has 168 valence electrons. The molecule has 1 aliphatic heterocycles. The van der Waals surface area contributed by atoms with Crippen molar-refractivity contribution in [3.8, 4) is 0 Å². The van der Waals surface area contributed by atoms with E-state index in [-0.39, 0.29) is 35.9 Å². The number of nitrogens with zero attached hydrogens (tertiary/aromatic N) is 1. The summed E-state index contributed by atoms with van der Waals surface area (Å²) in [4.78, 5) is 26.7. The van der Waals surface area contributed by atoms with Gasteiger partial charge in [0, 0.05) is 25.2 Å². The minimum Gasteiger partial charge on any atom is -0.444 e. The fourth-order valence-electron chi connectivity index (χ4n) is 4.46. The molecule has 8 nitrogen and oxygen atoms in total. The van der Waals surface area contributed by atoms with Gasteiger partial charge in [-0.25, -0.2) is 9.59 Å². The normalized spacial score (nSPS) is 30.8. The molecule has 2 rings (SSSR count). The number of amides is 2. The molecule has 1 heterocycles. The molecular weight excluding hydrogens is 372 g/mol. The first kappa shape index (κ1) is 23.7. The van der Waals surface area contributed by atoms with Gasteiger partial charge in [-0.05, 0) is 85.1 Å². The van der Waals surface area contributed by atoms with Gasteiger partial charge < -0.3 is 31.2 Å². The van der Waals surface area contributed by atoms with Crippen molar-refractivity contribution in [2.45, 2.75) is 84.1 Å². The third-order valence-corrected chi connectivity index (χ3v) is 5.64. The molecule has 2 fully saturated rings. The Kier molecular flexibility index (Phi) is 7.43. The molecule has 0 radical (unpaired) electrons. The Bertz CT molecular complexity index is 584. The summed E-state index contributed by atoms with van der Waals surface area (Å²) in [6, 6.07) is 0.0491. The SMILES string of the molecule is CC(C)(C)OC(=O)N[C@H]1CC[C@@H](N)CC1C1CN(C(=O)OC(C)(C)C)C[C@@H]1CN. The minimum absolute atomic E-state index is 0.0395. The van der Waals surface area contributed by atoms with Gasteiger partial charge in [0.1, 0.15) is 11.2 Å². The Hall–Kier alpha value is -1.54. The van der Waals surface area contributed by atoms with Crippen LogP contribution in [0.3, 0.4) is 0 Å². The zero-order chi connectivity index (χ0) is 22.0. The largest absolute Gasteiger partial charge is 0.444 e. The third-order valence-electron chi connectivity index (χ3n) is 5.64. The highest BCUT2D eigenvalue weighted by Crippen LogP contribution is 2.38. The number of carbonyl (C=O) groups is 2. The van der Waals surface area contributed by atoms with Crippen molar-refractivity contribution in [1.82, 2.24) is 10.2 Å². The van der Waals surface area contributed by atoms with Gasteiger partial charge in [-0.2, -0.15) is 0 Å². The first-order valence-corrected chi connectivity index (χ1v) is 10.7. The summed E-state index contributed by atoms with van der Waals surface area (Å²) in [5, 5.41) is 3.06. The molecule has 5 atom stereocenters. The van der Waals surface area contributed by atoms with Crippen molar-refractivity contribution in [2.24, 2.45) is 29.2 Å². The van der Waals surface area contributed by atoms with Crippen LogP contribution in [0.2, 0.25) is 0 Å².